The number of nitrogens with one attached hydrogen (secondary N) is 1. The van der Waals surface area contributed by atoms with Crippen molar-refractivity contribution in [1.82, 2.24) is 24.6 Å². The SMILES string of the molecule is Nc1n[nH]c2c(-c3cc(CC(=O)N4CCC(O)CC4)ccn3)cn(-c3c(F)cccc3F)c(=O)c12. The first-order chi connectivity index (χ1) is 16.8. The van der Waals surface area contributed by atoms with Crippen LogP contribution in [0.25, 0.3) is 27.8 Å². The van der Waals surface area contributed by atoms with Crippen LogP contribution < -0.4 is 11.3 Å². The van der Waals surface area contributed by atoms with Gasteiger partial charge in [0.1, 0.15) is 22.7 Å². The molecule has 3 aromatic heterocycles. The van der Waals surface area contributed by atoms with Crippen molar-refractivity contribution >= 4 is 22.6 Å². The highest BCUT2D eigenvalue weighted by Gasteiger charge is 2.23. The lowest BCUT2D eigenvalue weighted by molar-refractivity contribution is -0.132. The number of likely N-dealkylation sites (tertiary alicyclic amines) is 1. The lowest BCUT2D eigenvalue weighted by Crippen LogP contribution is -2.40. The Balaban J connectivity index is 1.58. The van der Waals surface area contributed by atoms with Gasteiger partial charge in [0.25, 0.3) is 5.56 Å². The van der Waals surface area contributed by atoms with Gasteiger partial charge in [-0.25, -0.2) is 8.78 Å². The van der Waals surface area contributed by atoms with Gasteiger partial charge < -0.3 is 15.7 Å². The average Bonchev–Trinajstić information content (AvgIpc) is 3.23. The zero-order valence-corrected chi connectivity index (χ0v) is 18.5. The molecule has 4 N–H and O–H groups in total. The molecule has 0 radical (unpaired) electrons. The van der Waals surface area contributed by atoms with Crippen molar-refractivity contribution in [2.45, 2.75) is 25.4 Å². The zero-order valence-electron chi connectivity index (χ0n) is 18.5. The fraction of sp³-hybridized carbons (Fsp3) is 0.250. The highest BCUT2D eigenvalue weighted by atomic mass is 19.1. The third-order valence-electron chi connectivity index (χ3n) is 6.21. The minimum absolute atomic E-state index is 0.0275. The van der Waals surface area contributed by atoms with Crippen LogP contribution in [0, 0.1) is 11.6 Å². The van der Waals surface area contributed by atoms with Gasteiger partial charge >= 0.3 is 0 Å². The molecule has 9 nitrogen and oxygen atoms in total. The molecular formula is C24H22F2N6O3. The summed E-state index contributed by atoms with van der Waals surface area (Å²) < 4.78 is 30.0. The standard InChI is InChI=1S/C24H22F2N6O3/c25-16-2-1-3-17(26)22(16)32-12-15(21-20(24(32)35)23(27)30-29-21)18-10-13(4-7-28-18)11-19(34)31-8-5-14(33)6-9-31/h1-4,7,10,12,14,33H,5-6,8-9,11H2,(H3,27,29,30). The van der Waals surface area contributed by atoms with Crippen molar-refractivity contribution in [2.24, 2.45) is 0 Å². The lowest BCUT2D eigenvalue weighted by atomic mass is 10.0. The van der Waals surface area contributed by atoms with Gasteiger partial charge in [0.15, 0.2) is 5.82 Å². The van der Waals surface area contributed by atoms with E-state index in [1.165, 1.54) is 18.5 Å². The number of pyridine rings is 2. The summed E-state index contributed by atoms with van der Waals surface area (Å²) in [4.78, 5) is 31.9. The first-order valence-electron chi connectivity index (χ1n) is 11.1. The summed E-state index contributed by atoms with van der Waals surface area (Å²) in [6, 6.07) is 6.69. The second kappa shape index (κ2) is 8.91. The summed E-state index contributed by atoms with van der Waals surface area (Å²) in [7, 11) is 0. The molecule has 1 fully saturated rings. The van der Waals surface area contributed by atoms with E-state index in [9.17, 15) is 23.5 Å². The summed E-state index contributed by atoms with van der Waals surface area (Å²) in [5.74, 6) is -2.03. The number of para-hydroxylation sites is 1. The lowest BCUT2D eigenvalue weighted by Gasteiger charge is -2.29. The molecule has 0 unspecified atom stereocenters. The maximum atomic E-state index is 14.6. The van der Waals surface area contributed by atoms with Crippen molar-refractivity contribution in [3.8, 4) is 16.9 Å². The van der Waals surface area contributed by atoms with Crippen LogP contribution in [-0.4, -0.2) is 54.9 Å². The summed E-state index contributed by atoms with van der Waals surface area (Å²) in [6.45, 7) is 0.982. The third-order valence-corrected chi connectivity index (χ3v) is 6.21. The van der Waals surface area contributed by atoms with Gasteiger partial charge in [-0.3, -0.25) is 24.2 Å². The Hall–Kier alpha value is -4.12. The minimum Gasteiger partial charge on any atom is -0.393 e. The molecule has 1 aromatic carbocycles. The number of aromatic nitrogens is 4. The van der Waals surface area contributed by atoms with Gasteiger partial charge in [0.2, 0.25) is 5.91 Å². The number of aliphatic hydroxyl groups is 1. The number of aliphatic hydroxyl groups excluding tert-OH is 1. The number of carbonyl (C=O) groups is 1. The monoisotopic (exact) mass is 480 g/mol. The number of aromatic amines is 1. The summed E-state index contributed by atoms with van der Waals surface area (Å²) in [6.07, 6.45) is 3.61. The fourth-order valence-corrected chi connectivity index (χ4v) is 4.35. The number of nitrogens with two attached hydrogens (primary N) is 1. The zero-order chi connectivity index (χ0) is 24.7. The number of rotatable bonds is 4. The number of hydrogen-bond donors (Lipinski definition) is 3. The van der Waals surface area contributed by atoms with Crippen LogP contribution in [0.5, 0.6) is 0 Å². The highest BCUT2D eigenvalue weighted by Crippen LogP contribution is 2.29. The highest BCUT2D eigenvalue weighted by molar-refractivity contribution is 5.97. The Labute approximate surface area is 197 Å². The Morgan fingerprint density at radius 2 is 1.91 bits per heavy atom. The van der Waals surface area contributed by atoms with Crippen LogP contribution in [-0.2, 0) is 11.2 Å². The first kappa shape index (κ1) is 22.7. The molecule has 35 heavy (non-hydrogen) atoms. The number of H-pyrrole nitrogens is 1. The van der Waals surface area contributed by atoms with Crippen LogP contribution in [0.3, 0.4) is 0 Å². The normalized spacial score (nSPS) is 14.5. The summed E-state index contributed by atoms with van der Waals surface area (Å²) >= 11 is 0. The number of nitrogen functional groups attached to an aromatic ring is 1. The largest absolute Gasteiger partial charge is 0.393 e. The number of benzene rings is 1. The molecule has 4 aromatic rings. The number of amides is 1. The Morgan fingerprint density at radius 1 is 1.20 bits per heavy atom. The third kappa shape index (κ3) is 4.14. The maximum absolute atomic E-state index is 14.6. The molecule has 11 heteroatoms. The second-order valence-corrected chi connectivity index (χ2v) is 8.49. The Morgan fingerprint density at radius 3 is 2.63 bits per heavy atom. The number of anilines is 1. The molecule has 0 spiro atoms. The summed E-state index contributed by atoms with van der Waals surface area (Å²) in [5, 5.41) is 16.3. The van der Waals surface area contributed by atoms with Crippen molar-refractivity contribution in [2.75, 3.05) is 18.8 Å². The van der Waals surface area contributed by atoms with E-state index in [4.69, 9.17) is 5.73 Å². The van der Waals surface area contributed by atoms with E-state index < -0.39 is 22.9 Å². The molecule has 1 aliphatic rings. The predicted molar refractivity (Wildman–Crippen MR) is 125 cm³/mol. The van der Waals surface area contributed by atoms with Gasteiger partial charge in [0.05, 0.1) is 23.7 Å². The van der Waals surface area contributed by atoms with Crippen LogP contribution in [0.4, 0.5) is 14.6 Å². The Bertz CT molecular complexity index is 1470. The molecular weight excluding hydrogens is 458 g/mol. The molecule has 180 valence electrons. The number of fused-ring (bicyclic) bond motifs is 1. The van der Waals surface area contributed by atoms with Gasteiger partial charge in [0, 0.05) is 31.0 Å². The van der Waals surface area contributed by atoms with E-state index in [0.29, 0.717) is 42.8 Å². The second-order valence-electron chi connectivity index (χ2n) is 8.49. The molecule has 1 amide bonds. The average molecular weight is 480 g/mol. The predicted octanol–water partition coefficient (Wildman–Crippen LogP) is 2.16. The van der Waals surface area contributed by atoms with Gasteiger partial charge in [-0.1, -0.05) is 6.07 Å². The van der Waals surface area contributed by atoms with E-state index in [1.807, 2.05) is 0 Å². The van der Waals surface area contributed by atoms with Gasteiger partial charge in [-0.2, -0.15) is 5.10 Å². The molecule has 0 bridgehead atoms. The number of carbonyl (C=O) groups excluding carboxylic acids is 1. The van der Waals surface area contributed by atoms with Crippen LogP contribution >= 0.6 is 0 Å². The van der Waals surface area contributed by atoms with E-state index in [2.05, 4.69) is 15.2 Å². The molecule has 1 aliphatic heterocycles. The molecule has 1 saturated heterocycles. The fourth-order valence-electron chi connectivity index (χ4n) is 4.35. The molecule has 0 saturated carbocycles. The van der Waals surface area contributed by atoms with E-state index in [0.717, 1.165) is 16.7 Å². The summed E-state index contributed by atoms with van der Waals surface area (Å²) in [5.41, 5.74) is 6.26. The molecule has 5 rings (SSSR count). The number of nitrogens with zero attached hydrogens (tertiary/aromatic N) is 4. The van der Waals surface area contributed by atoms with Crippen LogP contribution in [0.1, 0.15) is 18.4 Å². The number of halogens is 2. The van der Waals surface area contributed by atoms with Crippen LogP contribution in [0.2, 0.25) is 0 Å². The number of piperidine rings is 1. The maximum Gasteiger partial charge on any atom is 0.268 e. The minimum atomic E-state index is -0.918. The quantitative estimate of drug-likeness (QED) is 0.410. The van der Waals surface area contributed by atoms with Crippen molar-refractivity contribution in [3.05, 3.63) is 70.3 Å². The van der Waals surface area contributed by atoms with Gasteiger partial charge in [-0.15, -0.1) is 0 Å². The first-order valence-corrected chi connectivity index (χ1v) is 11.1. The Kier molecular flexibility index (Phi) is 5.77. The van der Waals surface area contributed by atoms with E-state index in [-0.39, 0.29) is 35.2 Å². The van der Waals surface area contributed by atoms with Crippen LogP contribution in [0.15, 0.2) is 47.5 Å². The molecule has 0 atom stereocenters. The molecule has 0 aliphatic carbocycles. The molecule has 4 heterocycles. The van der Waals surface area contributed by atoms with Crippen molar-refractivity contribution in [3.63, 3.8) is 0 Å². The van der Waals surface area contributed by atoms with Crippen molar-refractivity contribution in [1.29, 1.82) is 0 Å². The van der Waals surface area contributed by atoms with E-state index in [1.54, 1.807) is 17.0 Å². The smallest absolute Gasteiger partial charge is 0.268 e. The van der Waals surface area contributed by atoms with Crippen molar-refractivity contribution < 1.29 is 18.7 Å². The van der Waals surface area contributed by atoms with Gasteiger partial charge in [-0.05, 0) is 42.7 Å². The topological polar surface area (TPSA) is 130 Å². The van der Waals surface area contributed by atoms with E-state index >= 15 is 0 Å². The number of hydrogen-bond acceptors (Lipinski definition) is 6.